The number of nitrogen functional groups attached to an aromatic ring is 2. The van der Waals surface area contributed by atoms with E-state index in [1.165, 1.54) is 12.1 Å². The summed E-state index contributed by atoms with van der Waals surface area (Å²) in [6.07, 6.45) is -3.69. The van der Waals surface area contributed by atoms with E-state index >= 15 is 0 Å². The molecule has 0 spiro atoms. The van der Waals surface area contributed by atoms with Crippen molar-refractivity contribution in [1.29, 1.82) is 0 Å². The number of anilines is 2. The lowest BCUT2D eigenvalue weighted by Gasteiger charge is -2.15. The van der Waals surface area contributed by atoms with Crippen LogP contribution in [0.25, 0.3) is 11.3 Å². The quantitative estimate of drug-likeness (QED) is 0.371. The Balaban J connectivity index is 1.64. The second-order valence-corrected chi connectivity index (χ2v) is 7.27. The number of carboxylic acid groups (broad SMARTS) is 1. The highest BCUT2D eigenvalue weighted by atomic mass is 19.4. The van der Waals surface area contributed by atoms with Gasteiger partial charge in [-0.1, -0.05) is 30.3 Å². The van der Waals surface area contributed by atoms with Gasteiger partial charge in [-0.15, -0.1) is 0 Å². The van der Waals surface area contributed by atoms with Crippen molar-refractivity contribution in [1.82, 2.24) is 9.97 Å². The molecule has 8 nitrogen and oxygen atoms in total. The fraction of sp³-hybridized carbons (Fsp3) is 0.261. The zero-order chi connectivity index (χ0) is 24.7. The van der Waals surface area contributed by atoms with E-state index in [1.54, 1.807) is 24.3 Å². The molecule has 1 heterocycles. The van der Waals surface area contributed by atoms with Crippen molar-refractivity contribution < 1.29 is 32.5 Å². The molecule has 1 aromatic heterocycles. The van der Waals surface area contributed by atoms with Crippen LogP contribution in [0.3, 0.4) is 0 Å². The lowest BCUT2D eigenvalue weighted by molar-refractivity contribution is -0.138. The Hall–Kier alpha value is -4.02. The Morgan fingerprint density at radius 1 is 0.971 bits per heavy atom. The minimum atomic E-state index is -4.46. The van der Waals surface area contributed by atoms with Gasteiger partial charge in [0.15, 0.2) is 11.6 Å². The Labute approximate surface area is 193 Å². The Morgan fingerprint density at radius 3 is 2.32 bits per heavy atom. The highest BCUT2D eigenvalue weighted by Gasteiger charge is 2.30. The maximum atomic E-state index is 12.9. The van der Waals surface area contributed by atoms with Crippen molar-refractivity contribution in [2.24, 2.45) is 0 Å². The number of carboxylic acids is 1. The van der Waals surface area contributed by atoms with Crippen LogP contribution in [0.2, 0.25) is 0 Å². The molecule has 5 N–H and O–H groups in total. The van der Waals surface area contributed by atoms with E-state index in [9.17, 15) is 18.0 Å². The van der Waals surface area contributed by atoms with Crippen LogP contribution in [0.4, 0.5) is 24.9 Å². The number of benzene rings is 2. The molecule has 0 bridgehead atoms. The van der Waals surface area contributed by atoms with Gasteiger partial charge in [-0.05, 0) is 30.2 Å². The molecule has 34 heavy (non-hydrogen) atoms. The highest BCUT2D eigenvalue weighted by molar-refractivity contribution is 5.73. The smallest absolute Gasteiger partial charge is 0.416 e. The first-order chi connectivity index (χ1) is 16.1. The van der Waals surface area contributed by atoms with Gasteiger partial charge in [-0.25, -0.2) is 4.98 Å². The number of aromatic nitrogens is 2. The van der Waals surface area contributed by atoms with E-state index in [0.717, 1.165) is 17.7 Å². The van der Waals surface area contributed by atoms with Crippen molar-refractivity contribution in [2.75, 3.05) is 24.7 Å². The molecule has 0 aliphatic rings. The van der Waals surface area contributed by atoms with Gasteiger partial charge < -0.3 is 26.0 Å². The minimum absolute atomic E-state index is 0.00732. The number of nitrogens with zero attached hydrogens (tertiary/aromatic N) is 2. The van der Waals surface area contributed by atoms with Crippen LogP contribution in [0, 0.1) is 0 Å². The molecule has 3 aromatic rings. The summed E-state index contributed by atoms with van der Waals surface area (Å²) in [6, 6.07) is 11.5. The standard InChI is InChI=1S/C23H23F3N4O4/c24-23(25,26)16-9-6-15(7-10-16)19-20(21(27)30-22(28)29-19)34-13-3-12-33-17-5-2-1-4-14(17)8-11-18(31)32/h1-2,4-7,9-10H,3,8,11-13H2,(H,31,32)(H4,27,28,29,30). The number of carbonyl (C=O) groups is 1. The second-order valence-electron chi connectivity index (χ2n) is 7.27. The summed E-state index contributed by atoms with van der Waals surface area (Å²) in [5, 5.41) is 8.88. The minimum Gasteiger partial charge on any atom is -0.493 e. The first kappa shape index (κ1) is 24.6. The summed E-state index contributed by atoms with van der Waals surface area (Å²) in [5.74, 6) is -0.376. The van der Waals surface area contributed by atoms with Crippen molar-refractivity contribution in [2.45, 2.75) is 25.4 Å². The Bertz CT molecular complexity index is 1140. The van der Waals surface area contributed by atoms with Gasteiger partial charge in [0.1, 0.15) is 11.4 Å². The van der Waals surface area contributed by atoms with E-state index in [0.29, 0.717) is 24.2 Å². The molecule has 0 fully saturated rings. The average Bonchev–Trinajstić information content (AvgIpc) is 2.78. The van der Waals surface area contributed by atoms with Gasteiger partial charge in [0.2, 0.25) is 5.95 Å². The molecule has 0 atom stereocenters. The van der Waals surface area contributed by atoms with Crippen molar-refractivity contribution in [3.63, 3.8) is 0 Å². The van der Waals surface area contributed by atoms with Crippen LogP contribution in [0.5, 0.6) is 11.5 Å². The van der Waals surface area contributed by atoms with E-state index < -0.39 is 17.7 Å². The third-order valence-corrected chi connectivity index (χ3v) is 4.77. The second kappa shape index (κ2) is 10.7. The molecule has 0 unspecified atom stereocenters. The normalized spacial score (nSPS) is 11.3. The fourth-order valence-electron chi connectivity index (χ4n) is 3.15. The summed E-state index contributed by atoms with van der Waals surface area (Å²) < 4.78 is 50.1. The fourth-order valence-corrected chi connectivity index (χ4v) is 3.15. The van der Waals surface area contributed by atoms with Gasteiger partial charge >= 0.3 is 12.1 Å². The topological polar surface area (TPSA) is 134 Å². The number of nitrogens with two attached hydrogens (primary N) is 2. The third-order valence-electron chi connectivity index (χ3n) is 4.77. The van der Waals surface area contributed by atoms with Gasteiger partial charge in [0, 0.05) is 18.4 Å². The van der Waals surface area contributed by atoms with Gasteiger partial charge in [0.25, 0.3) is 0 Å². The van der Waals surface area contributed by atoms with Gasteiger partial charge in [-0.3, -0.25) is 4.79 Å². The van der Waals surface area contributed by atoms with Gasteiger partial charge in [0.05, 0.1) is 18.8 Å². The molecule has 0 amide bonds. The first-order valence-corrected chi connectivity index (χ1v) is 10.3. The average molecular weight is 476 g/mol. The Kier molecular flexibility index (Phi) is 7.77. The molecule has 0 saturated heterocycles. The zero-order valence-corrected chi connectivity index (χ0v) is 18.0. The SMILES string of the molecule is Nc1nc(N)c(OCCCOc2ccccc2CCC(=O)O)c(-c2ccc(C(F)(F)F)cc2)n1. The summed E-state index contributed by atoms with van der Waals surface area (Å²) in [6.45, 7) is 0.428. The molecule has 180 valence electrons. The summed E-state index contributed by atoms with van der Waals surface area (Å²) >= 11 is 0. The molecule has 0 radical (unpaired) electrons. The lowest BCUT2D eigenvalue weighted by Crippen LogP contribution is -2.10. The monoisotopic (exact) mass is 476 g/mol. The molecule has 0 saturated carbocycles. The highest BCUT2D eigenvalue weighted by Crippen LogP contribution is 2.35. The summed E-state index contributed by atoms with van der Waals surface area (Å²) in [7, 11) is 0. The number of hydrogen-bond acceptors (Lipinski definition) is 7. The van der Waals surface area contributed by atoms with Crippen LogP contribution < -0.4 is 20.9 Å². The van der Waals surface area contributed by atoms with E-state index in [4.69, 9.17) is 26.0 Å². The maximum Gasteiger partial charge on any atom is 0.416 e. The Morgan fingerprint density at radius 2 is 1.65 bits per heavy atom. The van der Waals surface area contributed by atoms with Crippen LogP contribution in [-0.2, 0) is 17.4 Å². The number of ether oxygens (including phenoxy) is 2. The van der Waals surface area contributed by atoms with Crippen LogP contribution in [-0.4, -0.2) is 34.3 Å². The number of halogens is 3. The number of aliphatic carboxylic acids is 1. The number of rotatable bonds is 10. The molecular weight excluding hydrogens is 453 g/mol. The van der Waals surface area contributed by atoms with E-state index in [2.05, 4.69) is 9.97 Å². The lowest BCUT2D eigenvalue weighted by atomic mass is 10.1. The van der Waals surface area contributed by atoms with Crippen LogP contribution >= 0.6 is 0 Å². The molecule has 0 aliphatic carbocycles. The van der Waals surface area contributed by atoms with Crippen LogP contribution in [0.1, 0.15) is 24.0 Å². The van der Waals surface area contributed by atoms with Crippen molar-refractivity contribution >= 4 is 17.7 Å². The predicted molar refractivity (Wildman–Crippen MR) is 119 cm³/mol. The number of alkyl halides is 3. The molecule has 3 rings (SSSR count). The zero-order valence-electron chi connectivity index (χ0n) is 18.0. The number of para-hydroxylation sites is 1. The summed E-state index contributed by atoms with van der Waals surface area (Å²) in [4.78, 5) is 18.8. The first-order valence-electron chi connectivity index (χ1n) is 10.3. The number of hydrogen-bond donors (Lipinski definition) is 3. The van der Waals surface area contributed by atoms with E-state index in [-0.39, 0.29) is 42.8 Å². The third kappa shape index (κ3) is 6.50. The number of aryl methyl sites for hydroxylation is 1. The molecular formula is C23H23F3N4O4. The predicted octanol–water partition coefficient (Wildman–Crippen LogP) is 4.19. The van der Waals surface area contributed by atoms with Crippen LogP contribution in [0.15, 0.2) is 48.5 Å². The van der Waals surface area contributed by atoms with Gasteiger partial charge in [-0.2, -0.15) is 18.2 Å². The van der Waals surface area contributed by atoms with Crippen molar-refractivity contribution in [3.8, 4) is 22.8 Å². The molecule has 2 aromatic carbocycles. The summed E-state index contributed by atoms with van der Waals surface area (Å²) in [5.41, 5.74) is 12.1. The molecule has 0 aliphatic heterocycles. The van der Waals surface area contributed by atoms with Crippen molar-refractivity contribution in [3.05, 3.63) is 59.7 Å². The van der Waals surface area contributed by atoms with E-state index in [1.807, 2.05) is 0 Å². The maximum absolute atomic E-state index is 12.9. The molecule has 11 heteroatoms. The largest absolute Gasteiger partial charge is 0.493 e.